The number of nitrogens with one attached hydrogen (secondary N) is 1. The summed E-state index contributed by atoms with van der Waals surface area (Å²) >= 11 is 18.9. The topological polar surface area (TPSA) is 30.5 Å². The Balaban J connectivity index is 1.67. The molecule has 0 atom stereocenters. The van der Waals surface area contributed by atoms with Crippen molar-refractivity contribution in [1.29, 1.82) is 0 Å². The molecule has 0 bridgehead atoms. The SMILES string of the molecule is COc1cc(CNCc2ccc(C)cc2)c(Cl)cc1OCc1c(Cl)cccc1Cl. The standard InChI is InChI=1S/C23H22Cl3NO2/c1-15-6-8-16(9-7-15)12-27-13-17-10-22(28-2)23(11-21(17)26)29-14-18-19(24)4-3-5-20(18)25/h3-11,27H,12-14H2,1-2H3. The predicted molar refractivity (Wildman–Crippen MR) is 121 cm³/mol. The number of hydrogen-bond acceptors (Lipinski definition) is 3. The summed E-state index contributed by atoms with van der Waals surface area (Å²) in [5, 5.41) is 5.12. The smallest absolute Gasteiger partial charge is 0.163 e. The molecule has 0 aliphatic rings. The van der Waals surface area contributed by atoms with Gasteiger partial charge >= 0.3 is 0 Å². The van der Waals surface area contributed by atoms with Crippen LogP contribution in [0.3, 0.4) is 0 Å². The summed E-state index contributed by atoms with van der Waals surface area (Å²) in [6.45, 7) is 3.66. The zero-order chi connectivity index (χ0) is 20.8. The maximum atomic E-state index is 6.48. The molecule has 152 valence electrons. The van der Waals surface area contributed by atoms with Crippen molar-refractivity contribution < 1.29 is 9.47 Å². The molecule has 0 aliphatic carbocycles. The fourth-order valence-electron chi connectivity index (χ4n) is 2.85. The minimum absolute atomic E-state index is 0.218. The van der Waals surface area contributed by atoms with Crippen LogP contribution in [0.15, 0.2) is 54.6 Å². The van der Waals surface area contributed by atoms with E-state index in [0.29, 0.717) is 33.1 Å². The molecule has 0 unspecified atom stereocenters. The number of hydrogen-bond donors (Lipinski definition) is 1. The molecule has 0 radical (unpaired) electrons. The molecule has 3 aromatic carbocycles. The quantitative estimate of drug-likeness (QED) is 0.408. The van der Waals surface area contributed by atoms with Gasteiger partial charge in [0.1, 0.15) is 6.61 Å². The van der Waals surface area contributed by atoms with Crippen molar-refractivity contribution in [3.63, 3.8) is 0 Å². The van der Waals surface area contributed by atoms with Gasteiger partial charge in [0.15, 0.2) is 11.5 Å². The fraction of sp³-hybridized carbons (Fsp3) is 0.217. The van der Waals surface area contributed by atoms with Gasteiger partial charge in [-0.3, -0.25) is 0 Å². The third kappa shape index (κ3) is 5.80. The molecule has 3 nitrogen and oxygen atoms in total. The van der Waals surface area contributed by atoms with Gasteiger partial charge in [-0.15, -0.1) is 0 Å². The highest BCUT2D eigenvalue weighted by Crippen LogP contribution is 2.35. The monoisotopic (exact) mass is 449 g/mol. The fourth-order valence-corrected chi connectivity index (χ4v) is 3.58. The number of rotatable bonds is 8. The van der Waals surface area contributed by atoms with Crippen LogP contribution in [0.1, 0.15) is 22.3 Å². The van der Waals surface area contributed by atoms with Crippen molar-refractivity contribution >= 4 is 34.8 Å². The first kappa shape index (κ1) is 21.8. The Morgan fingerprint density at radius 1 is 0.828 bits per heavy atom. The van der Waals surface area contributed by atoms with Crippen molar-refractivity contribution in [2.45, 2.75) is 26.6 Å². The lowest BCUT2D eigenvalue weighted by molar-refractivity contribution is 0.284. The van der Waals surface area contributed by atoms with Crippen LogP contribution in [0.25, 0.3) is 0 Å². The Kier molecular flexibility index (Phi) is 7.68. The third-order valence-corrected chi connectivity index (χ3v) is 5.59. The number of benzene rings is 3. The van der Waals surface area contributed by atoms with E-state index in [0.717, 1.165) is 17.7 Å². The summed E-state index contributed by atoms with van der Waals surface area (Å²) in [6, 6.07) is 17.4. The van der Waals surface area contributed by atoms with Gasteiger partial charge in [-0.05, 0) is 36.2 Å². The maximum Gasteiger partial charge on any atom is 0.163 e. The number of ether oxygens (including phenoxy) is 2. The van der Waals surface area contributed by atoms with Crippen molar-refractivity contribution in [2.24, 2.45) is 0 Å². The second-order valence-electron chi connectivity index (χ2n) is 6.67. The molecule has 29 heavy (non-hydrogen) atoms. The predicted octanol–water partition coefficient (Wildman–Crippen LogP) is 6.83. The molecule has 3 rings (SSSR count). The average Bonchev–Trinajstić information content (AvgIpc) is 2.70. The second kappa shape index (κ2) is 10.2. The molecule has 0 heterocycles. The van der Waals surface area contributed by atoms with Crippen molar-refractivity contribution in [2.75, 3.05) is 7.11 Å². The van der Waals surface area contributed by atoms with Crippen LogP contribution >= 0.6 is 34.8 Å². The van der Waals surface area contributed by atoms with Crippen LogP contribution in [0.2, 0.25) is 15.1 Å². The van der Waals surface area contributed by atoms with Gasteiger partial charge in [-0.1, -0.05) is 70.7 Å². The maximum absolute atomic E-state index is 6.48. The first-order valence-corrected chi connectivity index (χ1v) is 10.3. The molecule has 1 N–H and O–H groups in total. The highest BCUT2D eigenvalue weighted by atomic mass is 35.5. The number of methoxy groups -OCH3 is 1. The molecule has 0 aromatic heterocycles. The van der Waals surface area contributed by atoms with Gasteiger partial charge in [0.05, 0.1) is 7.11 Å². The third-order valence-electron chi connectivity index (χ3n) is 4.53. The first-order valence-electron chi connectivity index (χ1n) is 9.16. The van der Waals surface area contributed by atoms with E-state index < -0.39 is 0 Å². The lowest BCUT2D eigenvalue weighted by atomic mass is 10.1. The van der Waals surface area contributed by atoms with Crippen LogP contribution in [0, 0.1) is 6.92 Å². The summed E-state index contributed by atoms with van der Waals surface area (Å²) in [7, 11) is 1.60. The van der Waals surface area contributed by atoms with Gasteiger partial charge < -0.3 is 14.8 Å². The van der Waals surface area contributed by atoms with Gasteiger partial charge in [0, 0.05) is 39.8 Å². The van der Waals surface area contributed by atoms with Crippen LogP contribution in [0.5, 0.6) is 11.5 Å². The molecule has 0 fully saturated rings. The lowest BCUT2D eigenvalue weighted by Gasteiger charge is -2.15. The Morgan fingerprint density at radius 3 is 2.17 bits per heavy atom. The van der Waals surface area contributed by atoms with E-state index in [4.69, 9.17) is 44.3 Å². The minimum Gasteiger partial charge on any atom is -0.493 e. The Bertz CT molecular complexity index is 954. The molecule has 0 saturated carbocycles. The van der Waals surface area contributed by atoms with Crippen LogP contribution in [-0.4, -0.2) is 7.11 Å². The molecular formula is C23H22Cl3NO2. The normalized spacial score (nSPS) is 10.8. The van der Waals surface area contributed by atoms with Gasteiger partial charge in [-0.25, -0.2) is 0 Å². The van der Waals surface area contributed by atoms with Crippen LogP contribution in [-0.2, 0) is 19.7 Å². The highest BCUT2D eigenvalue weighted by Gasteiger charge is 2.13. The van der Waals surface area contributed by atoms with Gasteiger partial charge in [-0.2, -0.15) is 0 Å². The van der Waals surface area contributed by atoms with Crippen molar-refractivity contribution in [3.05, 3.63) is 91.9 Å². The van der Waals surface area contributed by atoms with Crippen molar-refractivity contribution in [1.82, 2.24) is 5.32 Å². The van der Waals surface area contributed by atoms with E-state index in [-0.39, 0.29) is 6.61 Å². The largest absolute Gasteiger partial charge is 0.493 e. The lowest BCUT2D eigenvalue weighted by Crippen LogP contribution is -2.13. The second-order valence-corrected chi connectivity index (χ2v) is 7.89. The average molecular weight is 451 g/mol. The summed E-state index contributed by atoms with van der Waals surface area (Å²) in [5.74, 6) is 1.14. The van der Waals surface area contributed by atoms with E-state index >= 15 is 0 Å². The minimum atomic E-state index is 0.218. The molecule has 0 spiro atoms. The van der Waals surface area contributed by atoms with Gasteiger partial charge in [0.2, 0.25) is 0 Å². The van der Waals surface area contributed by atoms with E-state index in [1.165, 1.54) is 11.1 Å². The summed E-state index contributed by atoms with van der Waals surface area (Å²) < 4.78 is 11.4. The summed E-state index contributed by atoms with van der Waals surface area (Å²) in [5.41, 5.74) is 4.11. The Morgan fingerprint density at radius 2 is 1.52 bits per heavy atom. The van der Waals surface area contributed by atoms with Gasteiger partial charge in [0.25, 0.3) is 0 Å². The van der Waals surface area contributed by atoms with E-state index in [2.05, 4.69) is 36.5 Å². The highest BCUT2D eigenvalue weighted by molar-refractivity contribution is 6.36. The van der Waals surface area contributed by atoms with Crippen LogP contribution in [0.4, 0.5) is 0 Å². The molecule has 3 aromatic rings. The zero-order valence-electron chi connectivity index (χ0n) is 16.3. The van der Waals surface area contributed by atoms with Crippen LogP contribution < -0.4 is 14.8 Å². The molecule has 6 heteroatoms. The molecular weight excluding hydrogens is 429 g/mol. The number of halogens is 3. The summed E-state index contributed by atoms with van der Waals surface area (Å²) in [4.78, 5) is 0. The van der Waals surface area contributed by atoms with E-state index in [9.17, 15) is 0 Å². The first-order chi connectivity index (χ1) is 14.0. The van der Waals surface area contributed by atoms with Crippen molar-refractivity contribution in [3.8, 4) is 11.5 Å². The van der Waals surface area contributed by atoms with E-state index in [1.54, 1.807) is 31.4 Å². The molecule has 0 saturated heterocycles. The molecule has 0 amide bonds. The van der Waals surface area contributed by atoms with E-state index in [1.807, 2.05) is 6.07 Å². The Labute approximate surface area is 186 Å². The Hall–Kier alpha value is -1.91. The number of aryl methyl sites for hydroxylation is 1. The zero-order valence-corrected chi connectivity index (χ0v) is 18.5. The molecule has 0 aliphatic heterocycles. The summed E-state index contributed by atoms with van der Waals surface area (Å²) in [6.07, 6.45) is 0.